The van der Waals surface area contributed by atoms with Gasteiger partial charge in [-0.1, -0.05) is 96.5 Å². The number of benzene rings is 4. The van der Waals surface area contributed by atoms with E-state index in [1.807, 2.05) is 43.3 Å². The minimum Gasteiger partial charge on any atom is -0.494 e. The van der Waals surface area contributed by atoms with Crippen LogP contribution in [0.5, 0.6) is 5.75 Å². The maximum Gasteiger partial charge on any atom is 0.417 e. The average molecular weight is 624 g/mol. The number of carboxylic acid groups (broad SMARTS) is 1. The molecule has 0 aromatic heterocycles. The fourth-order valence-electron chi connectivity index (χ4n) is 5.18. The van der Waals surface area contributed by atoms with Gasteiger partial charge in [0.15, 0.2) is 0 Å². The first-order chi connectivity index (χ1) is 20.9. The van der Waals surface area contributed by atoms with E-state index in [0.717, 1.165) is 17.2 Å². The van der Waals surface area contributed by atoms with Crippen molar-refractivity contribution in [3.8, 4) is 5.75 Å². The SMILES string of the molecule is C[C@H](CCOc1cccc(C(C)(C)C(=O)O)c1)N(Cc1cccc(C(F)(F)F)c1Cl)CC(c1ccccc1)c1ccccc1. The molecule has 44 heavy (non-hydrogen) atoms. The molecule has 0 bridgehead atoms. The van der Waals surface area contributed by atoms with Crippen LogP contribution in [0.25, 0.3) is 0 Å². The smallest absolute Gasteiger partial charge is 0.417 e. The van der Waals surface area contributed by atoms with Gasteiger partial charge in [-0.2, -0.15) is 13.2 Å². The van der Waals surface area contributed by atoms with Crippen molar-refractivity contribution in [3.05, 3.63) is 136 Å². The summed E-state index contributed by atoms with van der Waals surface area (Å²) in [7, 11) is 0. The summed E-state index contributed by atoms with van der Waals surface area (Å²) < 4.78 is 47.2. The average Bonchev–Trinajstić information content (AvgIpc) is 3.00. The third kappa shape index (κ3) is 8.21. The number of hydrogen-bond donors (Lipinski definition) is 1. The fraction of sp³-hybridized carbons (Fsp3) is 0.306. The summed E-state index contributed by atoms with van der Waals surface area (Å²) in [6, 6.07) is 31.1. The zero-order chi connectivity index (χ0) is 31.9. The van der Waals surface area contributed by atoms with Crippen LogP contribution in [0.1, 0.15) is 60.9 Å². The summed E-state index contributed by atoms with van der Waals surface area (Å²) in [5, 5.41) is 9.33. The monoisotopic (exact) mass is 623 g/mol. The van der Waals surface area contributed by atoms with Crippen molar-refractivity contribution in [1.82, 2.24) is 4.90 Å². The number of nitrogens with zero attached hydrogens (tertiary/aromatic N) is 1. The molecule has 0 aliphatic heterocycles. The van der Waals surface area contributed by atoms with Crippen LogP contribution in [-0.2, 0) is 22.9 Å². The van der Waals surface area contributed by atoms with Crippen molar-refractivity contribution in [2.45, 2.75) is 57.3 Å². The third-order valence-electron chi connectivity index (χ3n) is 8.10. The van der Waals surface area contributed by atoms with Gasteiger partial charge in [-0.25, -0.2) is 0 Å². The summed E-state index contributed by atoms with van der Waals surface area (Å²) >= 11 is 6.36. The molecule has 1 atom stereocenters. The Labute approximate surface area is 262 Å². The van der Waals surface area contributed by atoms with E-state index in [4.69, 9.17) is 16.3 Å². The molecule has 0 fully saturated rings. The lowest BCUT2D eigenvalue weighted by atomic mass is 9.85. The van der Waals surface area contributed by atoms with Gasteiger partial charge < -0.3 is 9.84 Å². The van der Waals surface area contributed by atoms with Crippen LogP contribution >= 0.6 is 11.6 Å². The van der Waals surface area contributed by atoms with Crippen molar-refractivity contribution in [3.63, 3.8) is 0 Å². The summed E-state index contributed by atoms with van der Waals surface area (Å²) in [4.78, 5) is 13.9. The van der Waals surface area contributed by atoms with Gasteiger partial charge in [0.1, 0.15) is 5.75 Å². The van der Waals surface area contributed by atoms with Crippen LogP contribution in [0, 0.1) is 0 Å². The van der Waals surface area contributed by atoms with Crippen molar-refractivity contribution in [1.29, 1.82) is 0 Å². The second-order valence-electron chi connectivity index (χ2n) is 11.5. The normalized spacial score (nSPS) is 12.8. The standard InChI is InChI=1S/C36H37ClF3NO3/c1-25(20-21-44-30-18-11-17-29(22-30)35(2,3)34(42)43)41(23-28-16-10-19-32(33(28)37)36(38,39)40)24-31(26-12-6-4-7-13-26)27-14-8-5-9-15-27/h4-19,22,25,31H,20-21,23-24H2,1-3H3,(H,42,43)/t25-/m1/s1. The number of carbonyl (C=O) groups is 1. The minimum absolute atomic E-state index is 0.0414. The minimum atomic E-state index is -4.56. The molecular formula is C36H37ClF3NO3. The van der Waals surface area contributed by atoms with Crippen LogP contribution in [0.2, 0.25) is 5.02 Å². The Hall–Kier alpha value is -3.81. The quantitative estimate of drug-likeness (QED) is 0.161. The van der Waals surface area contributed by atoms with Gasteiger partial charge in [0.25, 0.3) is 0 Å². The number of halogens is 4. The highest BCUT2D eigenvalue weighted by Crippen LogP contribution is 2.37. The van der Waals surface area contributed by atoms with Gasteiger partial charge in [-0.15, -0.1) is 0 Å². The zero-order valence-electron chi connectivity index (χ0n) is 25.0. The van der Waals surface area contributed by atoms with Crippen molar-refractivity contribution < 1.29 is 27.8 Å². The predicted octanol–water partition coefficient (Wildman–Crippen LogP) is 9.21. The third-order valence-corrected chi connectivity index (χ3v) is 8.54. The maximum absolute atomic E-state index is 13.7. The largest absolute Gasteiger partial charge is 0.494 e. The summed E-state index contributed by atoms with van der Waals surface area (Å²) in [6.07, 6.45) is -3.99. The highest BCUT2D eigenvalue weighted by Gasteiger charge is 2.34. The van der Waals surface area contributed by atoms with Crippen molar-refractivity contribution in [2.75, 3.05) is 13.2 Å². The van der Waals surface area contributed by atoms with Crippen LogP contribution < -0.4 is 4.74 Å². The highest BCUT2D eigenvalue weighted by molar-refractivity contribution is 6.32. The van der Waals surface area contributed by atoms with Gasteiger partial charge in [0.05, 0.1) is 22.6 Å². The lowest BCUT2D eigenvalue weighted by Crippen LogP contribution is -2.37. The highest BCUT2D eigenvalue weighted by atomic mass is 35.5. The molecule has 4 aromatic rings. The Bertz CT molecular complexity index is 1490. The van der Waals surface area contributed by atoms with Crippen molar-refractivity contribution in [2.24, 2.45) is 0 Å². The molecule has 1 N–H and O–H groups in total. The summed E-state index contributed by atoms with van der Waals surface area (Å²) in [5.74, 6) is -0.415. The number of ether oxygens (including phenoxy) is 1. The number of rotatable bonds is 13. The Morgan fingerprint density at radius 1 is 0.886 bits per heavy atom. The Morgan fingerprint density at radius 2 is 1.48 bits per heavy atom. The van der Waals surface area contributed by atoms with E-state index in [1.165, 1.54) is 6.07 Å². The molecule has 0 unspecified atom stereocenters. The molecule has 0 spiro atoms. The first-order valence-corrected chi connectivity index (χ1v) is 14.9. The zero-order valence-corrected chi connectivity index (χ0v) is 25.8. The molecular weight excluding hydrogens is 587 g/mol. The van der Waals surface area contributed by atoms with E-state index in [2.05, 4.69) is 29.2 Å². The Balaban J connectivity index is 1.60. The Kier molecular flexibility index (Phi) is 10.8. The van der Waals surface area contributed by atoms with E-state index in [1.54, 1.807) is 44.2 Å². The molecule has 4 rings (SSSR count). The molecule has 0 radical (unpaired) electrons. The van der Waals surface area contributed by atoms with Gasteiger partial charge >= 0.3 is 12.1 Å². The lowest BCUT2D eigenvalue weighted by molar-refractivity contribution is -0.142. The van der Waals surface area contributed by atoms with Gasteiger partial charge in [0.2, 0.25) is 0 Å². The number of carboxylic acids is 1. The van der Waals surface area contributed by atoms with E-state index >= 15 is 0 Å². The van der Waals surface area contributed by atoms with E-state index in [0.29, 0.717) is 36.4 Å². The molecule has 4 nitrogen and oxygen atoms in total. The topological polar surface area (TPSA) is 49.8 Å². The van der Waals surface area contributed by atoms with Gasteiger partial charge in [0, 0.05) is 25.0 Å². The van der Waals surface area contributed by atoms with Crippen LogP contribution in [0.15, 0.2) is 103 Å². The molecule has 0 saturated carbocycles. The van der Waals surface area contributed by atoms with E-state index < -0.39 is 23.1 Å². The molecule has 0 aliphatic carbocycles. The van der Waals surface area contributed by atoms with Crippen LogP contribution in [-0.4, -0.2) is 35.2 Å². The maximum atomic E-state index is 13.7. The first kappa shape index (κ1) is 33.1. The van der Waals surface area contributed by atoms with Crippen LogP contribution in [0.4, 0.5) is 13.2 Å². The number of aliphatic carboxylic acids is 1. The lowest BCUT2D eigenvalue weighted by Gasteiger charge is -2.34. The summed E-state index contributed by atoms with van der Waals surface area (Å²) in [6.45, 7) is 6.38. The van der Waals surface area contributed by atoms with Crippen LogP contribution in [0.3, 0.4) is 0 Å². The molecule has 0 amide bonds. The second-order valence-corrected chi connectivity index (χ2v) is 11.9. The molecule has 8 heteroatoms. The van der Waals surface area contributed by atoms with Gasteiger partial charge in [-0.05, 0) is 67.6 Å². The molecule has 4 aromatic carbocycles. The number of alkyl halides is 3. The molecule has 232 valence electrons. The molecule has 0 aliphatic rings. The predicted molar refractivity (Wildman–Crippen MR) is 168 cm³/mol. The fourth-order valence-corrected chi connectivity index (χ4v) is 5.47. The number of hydrogen-bond acceptors (Lipinski definition) is 3. The second kappa shape index (κ2) is 14.3. The van der Waals surface area contributed by atoms with E-state index in [-0.39, 0.29) is 23.5 Å². The van der Waals surface area contributed by atoms with Gasteiger partial charge in [-0.3, -0.25) is 9.69 Å². The first-order valence-electron chi connectivity index (χ1n) is 14.5. The van der Waals surface area contributed by atoms with E-state index in [9.17, 15) is 23.1 Å². The summed E-state index contributed by atoms with van der Waals surface area (Å²) in [5.41, 5.74) is 1.31. The molecule has 0 saturated heterocycles. The van der Waals surface area contributed by atoms with Crippen molar-refractivity contribution >= 4 is 17.6 Å². The molecule has 0 heterocycles. The Morgan fingerprint density at radius 3 is 2.05 bits per heavy atom.